The Balaban J connectivity index is 2.44. The standard InChI is InChI=1S/C8H11IN4/c9-8-5-12(3-1-10)7-13(6-8)4-2-11/h8H,3-7H2. The molecule has 1 rings (SSSR count). The Morgan fingerprint density at radius 3 is 2.00 bits per heavy atom. The van der Waals surface area contributed by atoms with Crippen LogP contribution in [0.4, 0.5) is 0 Å². The minimum Gasteiger partial charge on any atom is -0.276 e. The first-order valence-electron chi connectivity index (χ1n) is 4.09. The van der Waals surface area contributed by atoms with Crippen LogP contribution in [0.15, 0.2) is 0 Å². The van der Waals surface area contributed by atoms with E-state index in [2.05, 4.69) is 44.5 Å². The van der Waals surface area contributed by atoms with E-state index in [9.17, 15) is 0 Å². The summed E-state index contributed by atoms with van der Waals surface area (Å²) in [6, 6.07) is 4.27. The number of rotatable bonds is 2. The van der Waals surface area contributed by atoms with E-state index in [-0.39, 0.29) is 0 Å². The van der Waals surface area contributed by atoms with Gasteiger partial charge in [0.2, 0.25) is 0 Å². The van der Waals surface area contributed by atoms with Gasteiger partial charge in [0.25, 0.3) is 0 Å². The van der Waals surface area contributed by atoms with Gasteiger partial charge in [-0.15, -0.1) is 0 Å². The van der Waals surface area contributed by atoms with Gasteiger partial charge in [0.1, 0.15) is 0 Å². The van der Waals surface area contributed by atoms with E-state index in [1.165, 1.54) is 0 Å². The fourth-order valence-corrected chi connectivity index (χ4v) is 2.56. The van der Waals surface area contributed by atoms with Crippen molar-refractivity contribution in [1.82, 2.24) is 9.80 Å². The van der Waals surface area contributed by atoms with E-state index in [0.29, 0.717) is 17.0 Å². The molecule has 70 valence electrons. The molecule has 0 saturated carbocycles. The second-order valence-corrected chi connectivity index (χ2v) is 4.84. The second kappa shape index (κ2) is 5.38. The number of hydrogen-bond acceptors (Lipinski definition) is 4. The van der Waals surface area contributed by atoms with Crippen LogP contribution >= 0.6 is 22.6 Å². The molecule has 0 aromatic heterocycles. The Bertz CT molecular complexity index is 218. The molecule has 1 aliphatic heterocycles. The zero-order valence-electron chi connectivity index (χ0n) is 7.28. The number of nitrogens with zero attached hydrogens (tertiary/aromatic N) is 4. The molecule has 1 fully saturated rings. The van der Waals surface area contributed by atoms with E-state index in [1.807, 2.05) is 0 Å². The lowest BCUT2D eigenvalue weighted by Gasteiger charge is -2.35. The van der Waals surface area contributed by atoms with E-state index in [4.69, 9.17) is 10.5 Å². The number of nitriles is 2. The Morgan fingerprint density at radius 2 is 1.62 bits per heavy atom. The zero-order valence-corrected chi connectivity index (χ0v) is 9.44. The van der Waals surface area contributed by atoms with Gasteiger partial charge in [-0.1, -0.05) is 22.6 Å². The summed E-state index contributed by atoms with van der Waals surface area (Å²) < 4.78 is 0.521. The second-order valence-electron chi connectivity index (χ2n) is 3.08. The van der Waals surface area contributed by atoms with Crippen LogP contribution in [0.3, 0.4) is 0 Å². The van der Waals surface area contributed by atoms with Gasteiger partial charge < -0.3 is 0 Å². The van der Waals surface area contributed by atoms with Gasteiger partial charge in [-0.3, -0.25) is 9.80 Å². The lowest BCUT2D eigenvalue weighted by molar-refractivity contribution is 0.117. The molecule has 13 heavy (non-hydrogen) atoms. The van der Waals surface area contributed by atoms with Crippen LogP contribution in [0.5, 0.6) is 0 Å². The SMILES string of the molecule is N#CCN1CC(I)CN(CC#N)C1. The van der Waals surface area contributed by atoms with Crippen molar-refractivity contribution in [2.24, 2.45) is 0 Å². The lowest BCUT2D eigenvalue weighted by Crippen LogP contribution is -2.50. The summed E-state index contributed by atoms with van der Waals surface area (Å²) in [5.74, 6) is 0. The van der Waals surface area contributed by atoms with Crippen LogP contribution in [0.25, 0.3) is 0 Å². The van der Waals surface area contributed by atoms with Crippen LogP contribution in [0.1, 0.15) is 0 Å². The van der Waals surface area contributed by atoms with Crippen molar-refractivity contribution in [2.45, 2.75) is 3.92 Å². The molecule has 1 heterocycles. The molecule has 0 aromatic rings. The topological polar surface area (TPSA) is 54.1 Å². The molecule has 1 aliphatic rings. The van der Waals surface area contributed by atoms with Crippen molar-refractivity contribution in [3.63, 3.8) is 0 Å². The molecule has 0 bridgehead atoms. The quantitative estimate of drug-likeness (QED) is 0.420. The predicted molar refractivity (Wildman–Crippen MR) is 57.0 cm³/mol. The molecule has 0 N–H and O–H groups in total. The third-order valence-corrected chi connectivity index (χ3v) is 2.69. The number of hydrogen-bond donors (Lipinski definition) is 0. The van der Waals surface area contributed by atoms with Crippen molar-refractivity contribution >= 4 is 22.6 Å². The zero-order chi connectivity index (χ0) is 9.68. The number of alkyl halides is 1. The van der Waals surface area contributed by atoms with Crippen molar-refractivity contribution in [1.29, 1.82) is 10.5 Å². The largest absolute Gasteiger partial charge is 0.276 e. The first kappa shape index (κ1) is 10.7. The van der Waals surface area contributed by atoms with Gasteiger partial charge in [0, 0.05) is 17.0 Å². The van der Waals surface area contributed by atoms with Gasteiger partial charge in [-0.2, -0.15) is 10.5 Å². The monoisotopic (exact) mass is 290 g/mol. The van der Waals surface area contributed by atoms with Gasteiger partial charge in [0.15, 0.2) is 0 Å². The molecule has 0 aliphatic carbocycles. The molecular formula is C8H11IN4. The first-order chi connectivity index (χ1) is 6.26. The Labute approximate surface area is 91.9 Å². The van der Waals surface area contributed by atoms with Crippen molar-refractivity contribution < 1.29 is 0 Å². The minimum atomic E-state index is 0.460. The Hall–Kier alpha value is -0.370. The fraction of sp³-hybridized carbons (Fsp3) is 0.750. The highest BCUT2D eigenvalue weighted by atomic mass is 127. The van der Waals surface area contributed by atoms with Gasteiger partial charge in [-0.25, -0.2) is 0 Å². The van der Waals surface area contributed by atoms with Gasteiger partial charge >= 0.3 is 0 Å². The molecule has 0 radical (unpaired) electrons. The average Bonchev–Trinajstić information content (AvgIpc) is 2.04. The minimum absolute atomic E-state index is 0.460. The summed E-state index contributed by atoms with van der Waals surface area (Å²) in [5.41, 5.74) is 0. The first-order valence-corrected chi connectivity index (χ1v) is 5.33. The average molecular weight is 290 g/mol. The van der Waals surface area contributed by atoms with E-state index >= 15 is 0 Å². The molecule has 1 saturated heterocycles. The Kier molecular flexibility index (Phi) is 4.43. The molecule has 0 spiro atoms. The highest BCUT2D eigenvalue weighted by molar-refractivity contribution is 14.1. The van der Waals surface area contributed by atoms with Gasteiger partial charge in [-0.05, 0) is 0 Å². The van der Waals surface area contributed by atoms with Crippen molar-refractivity contribution in [3.8, 4) is 12.1 Å². The molecule has 4 nitrogen and oxygen atoms in total. The smallest absolute Gasteiger partial charge is 0.0876 e. The molecule has 5 heteroatoms. The summed E-state index contributed by atoms with van der Waals surface area (Å²) in [7, 11) is 0. The van der Waals surface area contributed by atoms with Crippen LogP contribution < -0.4 is 0 Å². The Morgan fingerprint density at radius 1 is 1.15 bits per heavy atom. The van der Waals surface area contributed by atoms with Crippen LogP contribution in [-0.4, -0.2) is 46.6 Å². The fourth-order valence-electron chi connectivity index (χ4n) is 1.45. The maximum Gasteiger partial charge on any atom is 0.0876 e. The normalized spacial score (nSPS) is 20.8. The van der Waals surface area contributed by atoms with E-state index in [0.717, 1.165) is 19.8 Å². The summed E-state index contributed by atoms with van der Waals surface area (Å²) >= 11 is 2.36. The molecule has 0 atom stereocenters. The third-order valence-electron chi connectivity index (χ3n) is 1.90. The highest BCUT2D eigenvalue weighted by Crippen LogP contribution is 2.12. The third kappa shape index (κ3) is 3.47. The molecular weight excluding hydrogens is 279 g/mol. The van der Waals surface area contributed by atoms with Crippen molar-refractivity contribution in [2.75, 3.05) is 32.8 Å². The predicted octanol–water partition coefficient (Wildman–Crippen LogP) is 0.412. The molecule has 0 unspecified atom stereocenters. The molecule has 0 amide bonds. The number of halogens is 1. The summed E-state index contributed by atoms with van der Waals surface area (Å²) in [4.78, 5) is 4.13. The van der Waals surface area contributed by atoms with Crippen molar-refractivity contribution in [3.05, 3.63) is 0 Å². The van der Waals surface area contributed by atoms with Crippen LogP contribution in [0, 0.1) is 22.7 Å². The van der Waals surface area contributed by atoms with Crippen LogP contribution in [0.2, 0.25) is 0 Å². The van der Waals surface area contributed by atoms with E-state index < -0.39 is 0 Å². The summed E-state index contributed by atoms with van der Waals surface area (Å²) in [5, 5.41) is 17.1. The lowest BCUT2D eigenvalue weighted by atomic mass is 10.3. The highest BCUT2D eigenvalue weighted by Gasteiger charge is 2.22. The van der Waals surface area contributed by atoms with Crippen LogP contribution in [-0.2, 0) is 0 Å². The summed E-state index contributed by atoms with van der Waals surface area (Å²) in [6.07, 6.45) is 0. The van der Waals surface area contributed by atoms with E-state index in [1.54, 1.807) is 0 Å². The molecule has 0 aromatic carbocycles. The van der Waals surface area contributed by atoms with Gasteiger partial charge in [0.05, 0.1) is 31.9 Å². The maximum atomic E-state index is 8.54. The summed E-state index contributed by atoms with van der Waals surface area (Å²) in [6.45, 7) is 3.58. The maximum absolute atomic E-state index is 8.54.